The standard InChI is InChI=1S/C20H24N2O3/c1-3-4-9-19(23)22-17-12-10-15(11-13-17)20(24)21-14-16-7-5-6-8-18(16)25-2/h5-8,10-13H,3-4,9,14H2,1-2H3,(H,21,24)(H,22,23). The van der Waals surface area contributed by atoms with E-state index in [2.05, 4.69) is 10.6 Å². The number of carbonyl (C=O) groups excluding carboxylic acids is 2. The zero-order valence-electron chi connectivity index (χ0n) is 14.7. The van der Waals surface area contributed by atoms with E-state index in [-0.39, 0.29) is 11.8 Å². The van der Waals surface area contributed by atoms with E-state index >= 15 is 0 Å². The van der Waals surface area contributed by atoms with Gasteiger partial charge in [-0.25, -0.2) is 0 Å². The summed E-state index contributed by atoms with van der Waals surface area (Å²) in [5.41, 5.74) is 2.15. The summed E-state index contributed by atoms with van der Waals surface area (Å²) in [5.74, 6) is 0.568. The van der Waals surface area contributed by atoms with E-state index in [1.807, 2.05) is 31.2 Å². The van der Waals surface area contributed by atoms with E-state index in [1.54, 1.807) is 31.4 Å². The number of carbonyl (C=O) groups is 2. The molecule has 0 radical (unpaired) electrons. The third kappa shape index (κ3) is 5.64. The minimum atomic E-state index is -0.172. The van der Waals surface area contributed by atoms with Crippen molar-refractivity contribution < 1.29 is 14.3 Å². The molecular formula is C20H24N2O3. The van der Waals surface area contributed by atoms with Gasteiger partial charge in [0.05, 0.1) is 7.11 Å². The van der Waals surface area contributed by atoms with Gasteiger partial charge in [-0.1, -0.05) is 31.5 Å². The zero-order chi connectivity index (χ0) is 18.1. The van der Waals surface area contributed by atoms with Crippen molar-refractivity contribution in [3.63, 3.8) is 0 Å². The van der Waals surface area contributed by atoms with Crippen molar-refractivity contribution in [2.24, 2.45) is 0 Å². The fourth-order valence-corrected chi connectivity index (χ4v) is 2.39. The molecule has 0 heterocycles. The highest BCUT2D eigenvalue weighted by Crippen LogP contribution is 2.17. The highest BCUT2D eigenvalue weighted by atomic mass is 16.5. The van der Waals surface area contributed by atoms with Gasteiger partial charge in [0.2, 0.25) is 5.91 Å². The summed E-state index contributed by atoms with van der Waals surface area (Å²) in [6.45, 7) is 2.43. The molecule has 0 fully saturated rings. The lowest BCUT2D eigenvalue weighted by Crippen LogP contribution is -2.23. The summed E-state index contributed by atoms with van der Waals surface area (Å²) in [7, 11) is 1.61. The Balaban J connectivity index is 1.90. The highest BCUT2D eigenvalue weighted by Gasteiger charge is 2.08. The van der Waals surface area contributed by atoms with Gasteiger partial charge in [-0.15, -0.1) is 0 Å². The number of amides is 2. The van der Waals surface area contributed by atoms with Crippen LogP contribution in [0.15, 0.2) is 48.5 Å². The van der Waals surface area contributed by atoms with Crippen LogP contribution in [0, 0.1) is 0 Å². The normalized spacial score (nSPS) is 10.2. The molecule has 0 spiro atoms. The van der Waals surface area contributed by atoms with E-state index in [0.717, 1.165) is 24.2 Å². The molecule has 0 saturated carbocycles. The van der Waals surface area contributed by atoms with Crippen LogP contribution in [-0.4, -0.2) is 18.9 Å². The maximum Gasteiger partial charge on any atom is 0.251 e. The Morgan fingerprint density at radius 3 is 2.44 bits per heavy atom. The number of unbranched alkanes of at least 4 members (excludes halogenated alkanes) is 1. The van der Waals surface area contributed by atoms with E-state index in [1.165, 1.54) is 0 Å². The molecule has 0 unspecified atom stereocenters. The van der Waals surface area contributed by atoms with Crippen LogP contribution in [0.5, 0.6) is 5.75 Å². The van der Waals surface area contributed by atoms with Gasteiger partial charge in [0, 0.05) is 29.8 Å². The molecule has 0 aliphatic rings. The number of hydrogen-bond acceptors (Lipinski definition) is 3. The summed E-state index contributed by atoms with van der Waals surface area (Å²) in [4.78, 5) is 24.0. The van der Waals surface area contributed by atoms with Gasteiger partial charge in [-0.3, -0.25) is 9.59 Å². The van der Waals surface area contributed by atoms with Crippen LogP contribution in [0.4, 0.5) is 5.69 Å². The molecule has 2 amide bonds. The quantitative estimate of drug-likeness (QED) is 0.769. The smallest absolute Gasteiger partial charge is 0.251 e. The Bertz CT molecular complexity index is 711. The molecule has 0 bridgehead atoms. The largest absolute Gasteiger partial charge is 0.496 e. The maximum absolute atomic E-state index is 12.3. The first-order valence-electron chi connectivity index (χ1n) is 8.44. The number of rotatable bonds is 8. The van der Waals surface area contributed by atoms with Gasteiger partial charge < -0.3 is 15.4 Å². The lowest BCUT2D eigenvalue weighted by molar-refractivity contribution is -0.116. The minimum Gasteiger partial charge on any atom is -0.496 e. The fraction of sp³-hybridized carbons (Fsp3) is 0.300. The first-order valence-corrected chi connectivity index (χ1v) is 8.44. The van der Waals surface area contributed by atoms with Crippen LogP contribution >= 0.6 is 0 Å². The predicted molar refractivity (Wildman–Crippen MR) is 98.8 cm³/mol. The van der Waals surface area contributed by atoms with Crippen molar-refractivity contribution in [2.75, 3.05) is 12.4 Å². The summed E-state index contributed by atoms with van der Waals surface area (Å²) in [5, 5.41) is 5.70. The Hall–Kier alpha value is -2.82. The van der Waals surface area contributed by atoms with Gasteiger partial charge >= 0.3 is 0 Å². The monoisotopic (exact) mass is 340 g/mol. The van der Waals surface area contributed by atoms with Crippen molar-refractivity contribution in [2.45, 2.75) is 32.7 Å². The van der Waals surface area contributed by atoms with Gasteiger partial charge in [0.1, 0.15) is 5.75 Å². The first kappa shape index (κ1) is 18.5. The molecule has 0 atom stereocenters. The minimum absolute atomic E-state index is 0.00442. The average molecular weight is 340 g/mol. The fourth-order valence-electron chi connectivity index (χ4n) is 2.39. The van der Waals surface area contributed by atoms with Crippen molar-refractivity contribution in [1.82, 2.24) is 5.32 Å². The third-order valence-corrected chi connectivity index (χ3v) is 3.82. The van der Waals surface area contributed by atoms with Crippen molar-refractivity contribution >= 4 is 17.5 Å². The molecule has 0 saturated heterocycles. The molecule has 2 aromatic rings. The SMILES string of the molecule is CCCCC(=O)Nc1ccc(C(=O)NCc2ccccc2OC)cc1. The Kier molecular flexibility index (Phi) is 7.01. The molecule has 132 valence electrons. The van der Waals surface area contributed by atoms with Gasteiger partial charge in [0.25, 0.3) is 5.91 Å². The Morgan fingerprint density at radius 2 is 1.76 bits per heavy atom. The number of anilines is 1. The van der Waals surface area contributed by atoms with Gasteiger partial charge in [0.15, 0.2) is 0 Å². The molecule has 25 heavy (non-hydrogen) atoms. The van der Waals surface area contributed by atoms with Crippen LogP contribution in [0.2, 0.25) is 0 Å². The number of nitrogens with one attached hydrogen (secondary N) is 2. The molecule has 0 aliphatic carbocycles. The Morgan fingerprint density at radius 1 is 1.04 bits per heavy atom. The lowest BCUT2D eigenvalue weighted by atomic mass is 10.1. The molecule has 5 nitrogen and oxygen atoms in total. The predicted octanol–water partition coefficient (Wildman–Crippen LogP) is 3.75. The third-order valence-electron chi connectivity index (χ3n) is 3.82. The first-order chi connectivity index (χ1) is 12.1. The van der Waals surface area contributed by atoms with E-state index in [4.69, 9.17) is 4.74 Å². The van der Waals surface area contributed by atoms with Gasteiger partial charge in [-0.2, -0.15) is 0 Å². The van der Waals surface area contributed by atoms with Crippen LogP contribution in [-0.2, 0) is 11.3 Å². The average Bonchev–Trinajstić information content (AvgIpc) is 2.65. The second kappa shape index (κ2) is 9.47. The maximum atomic E-state index is 12.3. The second-order valence-electron chi connectivity index (χ2n) is 5.72. The van der Waals surface area contributed by atoms with Crippen LogP contribution in [0.3, 0.4) is 0 Å². The van der Waals surface area contributed by atoms with Crippen molar-refractivity contribution in [3.05, 3.63) is 59.7 Å². The molecule has 2 rings (SSSR count). The number of benzene rings is 2. The summed E-state index contributed by atoms with van der Waals surface area (Å²) < 4.78 is 5.27. The lowest BCUT2D eigenvalue weighted by Gasteiger charge is -2.10. The van der Waals surface area contributed by atoms with E-state index in [0.29, 0.717) is 24.2 Å². The molecule has 2 N–H and O–H groups in total. The summed E-state index contributed by atoms with van der Waals surface area (Å²) in [6.07, 6.45) is 2.37. The Labute approximate surface area is 148 Å². The van der Waals surface area contributed by atoms with Crippen LogP contribution < -0.4 is 15.4 Å². The van der Waals surface area contributed by atoms with Crippen molar-refractivity contribution in [1.29, 1.82) is 0 Å². The molecule has 5 heteroatoms. The molecule has 0 aromatic heterocycles. The molecular weight excluding hydrogens is 316 g/mol. The molecule has 0 aliphatic heterocycles. The van der Waals surface area contributed by atoms with Crippen LogP contribution in [0.25, 0.3) is 0 Å². The van der Waals surface area contributed by atoms with Crippen LogP contribution in [0.1, 0.15) is 42.1 Å². The topological polar surface area (TPSA) is 67.4 Å². The van der Waals surface area contributed by atoms with Crippen molar-refractivity contribution in [3.8, 4) is 5.75 Å². The number of methoxy groups -OCH3 is 1. The second-order valence-corrected chi connectivity index (χ2v) is 5.72. The zero-order valence-corrected chi connectivity index (χ0v) is 14.7. The summed E-state index contributed by atoms with van der Waals surface area (Å²) in [6, 6.07) is 14.4. The highest BCUT2D eigenvalue weighted by molar-refractivity contribution is 5.95. The summed E-state index contributed by atoms with van der Waals surface area (Å²) >= 11 is 0. The van der Waals surface area contributed by atoms with Gasteiger partial charge in [-0.05, 0) is 36.8 Å². The van der Waals surface area contributed by atoms with E-state index < -0.39 is 0 Å². The number of hydrogen-bond donors (Lipinski definition) is 2. The number of para-hydroxylation sites is 1. The number of ether oxygens (including phenoxy) is 1. The molecule has 2 aromatic carbocycles. The van der Waals surface area contributed by atoms with E-state index in [9.17, 15) is 9.59 Å².